The quantitative estimate of drug-likeness (QED) is 0.584. The highest BCUT2D eigenvalue weighted by Crippen LogP contribution is 2.18. The van der Waals surface area contributed by atoms with Crippen molar-refractivity contribution in [2.24, 2.45) is 0 Å². The summed E-state index contributed by atoms with van der Waals surface area (Å²) >= 11 is 0. The van der Waals surface area contributed by atoms with E-state index in [0.29, 0.717) is 6.54 Å². The Kier molecular flexibility index (Phi) is 5.55. The number of anilines is 1. The molecule has 0 spiro atoms. The minimum absolute atomic E-state index is 0.646. The summed E-state index contributed by atoms with van der Waals surface area (Å²) in [6.45, 7) is 8.51. The van der Waals surface area contributed by atoms with Crippen LogP contribution in [-0.2, 0) is 11.3 Å². The van der Waals surface area contributed by atoms with Crippen molar-refractivity contribution in [1.29, 1.82) is 0 Å². The molecule has 0 saturated carbocycles. The Bertz CT molecular complexity index is 874. The molecule has 3 heterocycles. The number of rotatable bonds is 7. The summed E-state index contributed by atoms with van der Waals surface area (Å²) in [5, 5.41) is 12.1. The van der Waals surface area contributed by atoms with Gasteiger partial charge in [-0.15, -0.1) is 5.10 Å². The lowest BCUT2D eigenvalue weighted by atomic mass is 10.2. The molecule has 0 atom stereocenters. The number of nitrogens with one attached hydrogen (secondary N) is 2. The number of fused-ring (bicyclic) bond motifs is 1. The van der Waals surface area contributed by atoms with Crippen LogP contribution < -0.4 is 10.2 Å². The van der Waals surface area contributed by atoms with Gasteiger partial charge in [-0.2, -0.15) is 0 Å². The van der Waals surface area contributed by atoms with E-state index in [1.54, 1.807) is 4.90 Å². The first-order chi connectivity index (χ1) is 13.3. The third-order valence-electron chi connectivity index (χ3n) is 4.85. The molecule has 1 aliphatic heterocycles. The molecule has 8 nitrogen and oxygen atoms in total. The second-order valence-electron chi connectivity index (χ2n) is 6.92. The van der Waals surface area contributed by atoms with Gasteiger partial charge in [-0.3, -0.25) is 0 Å². The van der Waals surface area contributed by atoms with Crippen molar-refractivity contribution >= 4 is 17.0 Å². The van der Waals surface area contributed by atoms with Crippen LogP contribution >= 0.6 is 0 Å². The van der Waals surface area contributed by atoms with E-state index in [0.717, 1.165) is 68.6 Å². The second-order valence-corrected chi connectivity index (χ2v) is 6.92. The van der Waals surface area contributed by atoms with Crippen LogP contribution in [-0.4, -0.2) is 64.4 Å². The van der Waals surface area contributed by atoms with Crippen molar-refractivity contribution < 1.29 is 9.64 Å². The lowest BCUT2D eigenvalue weighted by Crippen LogP contribution is -3.14. The number of hydrogen-bond acceptors (Lipinski definition) is 6. The zero-order valence-electron chi connectivity index (χ0n) is 15.7. The maximum atomic E-state index is 5.41. The molecule has 0 aliphatic carbocycles. The highest BCUT2D eigenvalue weighted by molar-refractivity contribution is 5.82. The smallest absolute Gasteiger partial charge is 0.184 e. The van der Waals surface area contributed by atoms with Crippen LogP contribution in [0.3, 0.4) is 0 Å². The number of morpholine rings is 1. The van der Waals surface area contributed by atoms with Crippen LogP contribution in [0.25, 0.3) is 11.2 Å². The molecule has 142 valence electrons. The number of quaternary nitrogens is 1. The van der Waals surface area contributed by atoms with E-state index in [2.05, 4.69) is 37.7 Å². The van der Waals surface area contributed by atoms with E-state index in [-0.39, 0.29) is 0 Å². The van der Waals surface area contributed by atoms with Gasteiger partial charge in [0, 0.05) is 13.0 Å². The van der Waals surface area contributed by atoms with Gasteiger partial charge >= 0.3 is 0 Å². The van der Waals surface area contributed by atoms with Gasteiger partial charge in [-0.05, 0) is 12.5 Å². The molecule has 1 aliphatic rings. The molecule has 4 rings (SSSR count). The molecule has 1 aromatic carbocycles. The van der Waals surface area contributed by atoms with E-state index in [1.165, 1.54) is 5.56 Å². The van der Waals surface area contributed by atoms with Crippen molar-refractivity contribution in [1.82, 2.24) is 25.0 Å². The molecule has 0 amide bonds. The summed E-state index contributed by atoms with van der Waals surface area (Å²) in [4.78, 5) is 10.7. The first-order valence-electron chi connectivity index (χ1n) is 9.56. The molecule has 8 heteroatoms. The van der Waals surface area contributed by atoms with E-state index in [9.17, 15) is 0 Å². The van der Waals surface area contributed by atoms with Gasteiger partial charge in [0.15, 0.2) is 17.0 Å². The minimum Gasteiger partial charge on any atom is -0.370 e. The van der Waals surface area contributed by atoms with Crippen LogP contribution in [0.2, 0.25) is 0 Å². The summed E-state index contributed by atoms with van der Waals surface area (Å²) in [6, 6.07) is 10.2. The topological polar surface area (TPSA) is 82.2 Å². The van der Waals surface area contributed by atoms with Crippen molar-refractivity contribution in [3.05, 3.63) is 41.7 Å². The average molecular weight is 368 g/mol. The first kappa shape index (κ1) is 17.8. The predicted octanol–water partition coefficient (Wildman–Crippen LogP) is 0.295. The van der Waals surface area contributed by atoms with Crippen molar-refractivity contribution in [2.45, 2.75) is 19.9 Å². The van der Waals surface area contributed by atoms with Crippen LogP contribution in [0.15, 0.2) is 30.3 Å². The molecule has 1 fully saturated rings. The number of ether oxygens (including phenoxy) is 1. The third-order valence-corrected chi connectivity index (χ3v) is 4.85. The molecule has 2 N–H and O–H groups in total. The summed E-state index contributed by atoms with van der Waals surface area (Å²) in [6.07, 6.45) is 1.08. The van der Waals surface area contributed by atoms with E-state index in [4.69, 9.17) is 4.74 Å². The largest absolute Gasteiger partial charge is 0.370 e. The zero-order chi connectivity index (χ0) is 18.5. The second kappa shape index (κ2) is 8.41. The number of aromatic nitrogens is 5. The number of benzene rings is 1. The van der Waals surface area contributed by atoms with Gasteiger partial charge in [0.25, 0.3) is 0 Å². The van der Waals surface area contributed by atoms with Gasteiger partial charge in [0.2, 0.25) is 0 Å². The highest BCUT2D eigenvalue weighted by Gasteiger charge is 2.15. The Morgan fingerprint density at radius 3 is 2.78 bits per heavy atom. The van der Waals surface area contributed by atoms with Gasteiger partial charge in [-0.25, -0.2) is 14.6 Å². The Morgan fingerprint density at radius 1 is 1.15 bits per heavy atom. The van der Waals surface area contributed by atoms with Crippen LogP contribution in [0.4, 0.5) is 5.82 Å². The van der Waals surface area contributed by atoms with Gasteiger partial charge in [-0.1, -0.05) is 35.5 Å². The zero-order valence-corrected chi connectivity index (χ0v) is 15.7. The van der Waals surface area contributed by atoms with Gasteiger partial charge in [0.1, 0.15) is 18.9 Å². The molecular formula is C19H26N7O+. The highest BCUT2D eigenvalue weighted by atomic mass is 16.5. The molecule has 0 radical (unpaired) electrons. The van der Waals surface area contributed by atoms with Crippen molar-refractivity contribution in [3.8, 4) is 0 Å². The molecule has 2 aromatic heterocycles. The summed E-state index contributed by atoms with van der Waals surface area (Å²) in [7, 11) is 0. The summed E-state index contributed by atoms with van der Waals surface area (Å²) in [5.74, 6) is 1.49. The van der Waals surface area contributed by atoms with E-state index in [1.807, 2.05) is 29.8 Å². The minimum atomic E-state index is 0.646. The number of hydrogen-bond donors (Lipinski definition) is 2. The van der Waals surface area contributed by atoms with Crippen LogP contribution in [0.1, 0.15) is 17.8 Å². The Labute approximate surface area is 158 Å². The molecular weight excluding hydrogens is 342 g/mol. The standard InChI is InChI=1S/C19H25N7O/c1-15-21-18(20-8-5-9-25-10-12-27-13-11-25)17-19(22-15)26(24-23-17)14-16-6-3-2-4-7-16/h2-4,6-7H,5,8-14H2,1H3,(H,20,21,22)/p+1. The normalized spacial score (nSPS) is 15.3. The average Bonchev–Trinajstić information content (AvgIpc) is 3.09. The monoisotopic (exact) mass is 368 g/mol. The molecule has 0 unspecified atom stereocenters. The lowest BCUT2D eigenvalue weighted by Gasteiger charge is -2.23. The molecule has 1 saturated heterocycles. The molecule has 27 heavy (non-hydrogen) atoms. The fourth-order valence-electron chi connectivity index (χ4n) is 3.41. The maximum absolute atomic E-state index is 5.41. The number of aryl methyl sites for hydroxylation is 1. The fourth-order valence-corrected chi connectivity index (χ4v) is 3.41. The van der Waals surface area contributed by atoms with Crippen molar-refractivity contribution in [2.75, 3.05) is 44.7 Å². The summed E-state index contributed by atoms with van der Waals surface area (Å²) < 4.78 is 7.25. The third kappa shape index (κ3) is 4.40. The molecule has 3 aromatic rings. The Morgan fingerprint density at radius 2 is 1.96 bits per heavy atom. The van der Waals surface area contributed by atoms with Crippen LogP contribution in [0, 0.1) is 6.92 Å². The number of nitrogens with zero attached hydrogens (tertiary/aromatic N) is 5. The van der Waals surface area contributed by atoms with E-state index >= 15 is 0 Å². The van der Waals surface area contributed by atoms with Crippen molar-refractivity contribution in [3.63, 3.8) is 0 Å². The Balaban J connectivity index is 1.43. The van der Waals surface area contributed by atoms with Gasteiger partial charge < -0.3 is 15.0 Å². The SMILES string of the molecule is Cc1nc(NCCC[NH+]2CCOCC2)c2nnn(Cc3ccccc3)c2n1. The van der Waals surface area contributed by atoms with Gasteiger partial charge in [0.05, 0.1) is 26.3 Å². The predicted molar refractivity (Wildman–Crippen MR) is 103 cm³/mol. The Hall–Kier alpha value is -2.58. The molecule has 0 bridgehead atoms. The lowest BCUT2D eigenvalue weighted by molar-refractivity contribution is -0.908. The first-order valence-corrected chi connectivity index (χ1v) is 9.56. The van der Waals surface area contributed by atoms with E-state index < -0.39 is 0 Å². The fraction of sp³-hybridized carbons (Fsp3) is 0.474. The summed E-state index contributed by atoms with van der Waals surface area (Å²) in [5.41, 5.74) is 2.67. The van der Waals surface area contributed by atoms with Crippen LogP contribution in [0.5, 0.6) is 0 Å². The maximum Gasteiger partial charge on any atom is 0.184 e.